The number of nitrogens with one attached hydrogen (secondary N) is 1. The first-order chi connectivity index (χ1) is 2.93. The second-order valence-corrected chi connectivity index (χ2v) is 1.78. The molecule has 0 aromatic heterocycles. The van der Waals surface area contributed by atoms with Crippen molar-refractivity contribution in [3.8, 4) is 0 Å². The van der Waals surface area contributed by atoms with Gasteiger partial charge >= 0.3 is 0 Å². The smallest absolute Gasteiger partial charge is 0.0288 e. The van der Waals surface area contributed by atoms with Crippen molar-refractivity contribution in [1.29, 1.82) is 0 Å². The molecule has 1 N–H and O–H groups in total. The highest BCUT2D eigenvalue weighted by atomic mass is 19.2. The van der Waals surface area contributed by atoms with E-state index in [9.17, 15) is 4.48 Å². The van der Waals surface area contributed by atoms with Crippen molar-refractivity contribution in [2.75, 3.05) is 6.54 Å². The molecule has 0 amide bonds. The fourth-order valence-corrected chi connectivity index (χ4v) is 0.431. The van der Waals surface area contributed by atoms with Gasteiger partial charge in [0.2, 0.25) is 0 Å². The van der Waals surface area contributed by atoms with Gasteiger partial charge < -0.3 is 0 Å². The van der Waals surface area contributed by atoms with Crippen molar-refractivity contribution in [2.24, 2.45) is 5.92 Å². The zero-order valence-electron chi connectivity index (χ0n) is 3.58. The molecule has 0 spiro atoms. The normalized spacial score (nSPS) is 21.5. The van der Waals surface area contributed by atoms with Crippen LogP contribution in [0.1, 0.15) is 12.8 Å². The molecule has 36 valence electrons. The van der Waals surface area contributed by atoms with Gasteiger partial charge in [0.05, 0.1) is 0 Å². The molecule has 0 unspecified atom stereocenters. The molecular weight excluding hydrogens is 81.0 g/mol. The van der Waals surface area contributed by atoms with Crippen molar-refractivity contribution in [3.05, 3.63) is 0 Å². The molecule has 0 heterocycles. The first kappa shape index (κ1) is 4.06. The van der Waals surface area contributed by atoms with Gasteiger partial charge in [-0.3, -0.25) is 0 Å². The third-order valence-electron chi connectivity index (χ3n) is 1.06. The van der Waals surface area contributed by atoms with Crippen LogP contribution in [0.4, 0.5) is 4.48 Å². The summed E-state index contributed by atoms with van der Waals surface area (Å²) in [5.74, 6) is 0.662. The molecule has 6 heavy (non-hydrogen) atoms. The second kappa shape index (κ2) is 1.56. The molecule has 2 heteroatoms. The van der Waals surface area contributed by atoms with Crippen LogP contribution in [0.3, 0.4) is 0 Å². The van der Waals surface area contributed by atoms with E-state index in [0.717, 1.165) is 0 Å². The highest BCUT2D eigenvalue weighted by Gasteiger charge is 2.19. The van der Waals surface area contributed by atoms with Gasteiger partial charge in [-0.2, -0.15) is 5.54 Å². The first-order valence-corrected chi connectivity index (χ1v) is 2.27. The Morgan fingerprint density at radius 3 is 2.50 bits per heavy atom. The third kappa shape index (κ3) is 0.937. The number of halogens is 1. The van der Waals surface area contributed by atoms with Gasteiger partial charge in [0.25, 0.3) is 0 Å². The lowest BCUT2D eigenvalue weighted by Crippen LogP contribution is -2.02. The van der Waals surface area contributed by atoms with Crippen molar-refractivity contribution in [1.82, 2.24) is 5.54 Å². The molecule has 1 rings (SSSR count). The molecular formula is C4H8FN. The summed E-state index contributed by atoms with van der Waals surface area (Å²) in [5, 5.41) is 0. The van der Waals surface area contributed by atoms with E-state index in [1.807, 2.05) is 0 Å². The Morgan fingerprint density at radius 1 is 1.67 bits per heavy atom. The van der Waals surface area contributed by atoms with E-state index in [-0.39, 0.29) is 0 Å². The largest absolute Gasteiger partial charge is 0.159 e. The lowest BCUT2D eigenvalue weighted by molar-refractivity contribution is 0.326. The molecule has 0 radical (unpaired) electrons. The predicted molar refractivity (Wildman–Crippen MR) is 21.8 cm³/mol. The van der Waals surface area contributed by atoms with Gasteiger partial charge in [0.1, 0.15) is 0 Å². The summed E-state index contributed by atoms with van der Waals surface area (Å²) in [5.41, 5.74) is 1.63. The maximum Gasteiger partial charge on any atom is 0.0288 e. The quantitative estimate of drug-likeness (QED) is 0.495. The minimum atomic E-state index is 0.569. The van der Waals surface area contributed by atoms with Gasteiger partial charge in [0.15, 0.2) is 0 Å². The SMILES string of the molecule is FNCC1CC1. The molecule has 1 nitrogen and oxygen atoms in total. The van der Waals surface area contributed by atoms with Crippen molar-refractivity contribution in [3.63, 3.8) is 0 Å². The third-order valence-corrected chi connectivity index (χ3v) is 1.06. The van der Waals surface area contributed by atoms with Crippen molar-refractivity contribution in [2.45, 2.75) is 12.8 Å². The lowest BCUT2D eigenvalue weighted by atomic mass is 10.4. The summed E-state index contributed by atoms with van der Waals surface area (Å²) < 4.78 is 11.0. The number of rotatable bonds is 2. The minimum absolute atomic E-state index is 0.569. The lowest BCUT2D eigenvalue weighted by Gasteiger charge is -1.83. The van der Waals surface area contributed by atoms with Gasteiger partial charge in [-0.05, 0) is 18.8 Å². The first-order valence-electron chi connectivity index (χ1n) is 2.27. The average Bonchev–Trinajstić information content (AvgIpc) is 2.21. The molecule has 1 fully saturated rings. The summed E-state index contributed by atoms with van der Waals surface area (Å²) in [7, 11) is 0. The van der Waals surface area contributed by atoms with E-state index in [1.165, 1.54) is 12.8 Å². The number of hydrogen-bond acceptors (Lipinski definition) is 1. The van der Waals surface area contributed by atoms with E-state index in [0.29, 0.717) is 12.5 Å². The predicted octanol–water partition coefficient (Wildman–Crippen LogP) is 0.871. The highest BCUT2D eigenvalue weighted by molar-refractivity contribution is 4.73. The second-order valence-electron chi connectivity index (χ2n) is 1.78. The van der Waals surface area contributed by atoms with Crippen LogP contribution in [0, 0.1) is 5.92 Å². The van der Waals surface area contributed by atoms with Gasteiger partial charge in [-0.25, -0.2) is 0 Å². The molecule has 1 saturated carbocycles. The van der Waals surface area contributed by atoms with E-state index in [2.05, 4.69) is 0 Å². The zero-order valence-corrected chi connectivity index (χ0v) is 3.58. The van der Waals surface area contributed by atoms with Crippen molar-refractivity contribution >= 4 is 0 Å². The Bertz CT molecular complexity index is 42.8. The molecule has 0 bridgehead atoms. The Morgan fingerprint density at radius 2 is 2.33 bits per heavy atom. The summed E-state index contributed by atoms with van der Waals surface area (Å²) in [4.78, 5) is 0. The molecule has 0 aliphatic heterocycles. The van der Waals surface area contributed by atoms with Crippen LogP contribution in [0.5, 0.6) is 0 Å². The van der Waals surface area contributed by atoms with Gasteiger partial charge in [-0.1, -0.05) is 0 Å². The Hall–Kier alpha value is -0.110. The van der Waals surface area contributed by atoms with E-state index >= 15 is 0 Å². The fourth-order valence-electron chi connectivity index (χ4n) is 0.431. The summed E-state index contributed by atoms with van der Waals surface area (Å²) in [6.07, 6.45) is 2.44. The van der Waals surface area contributed by atoms with Crippen LogP contribution in [-0.4, -0.2) is 6.54 Å². The van der Waals surface area contributed by atoms with Crippen LogP contribution in [0.2, 0.25) is 0 Å². The monoisotopic (exact) mass is 89.1 g/mol. The van der Waals surface area contributed by atoms with Crippen molar-refractivity contribution < 1.29 is 4.48 Å². The summed E-state index contributed by atoms with van der Waals surface area (Å²) in [6.45, 7) is 0.569. The van der Waals surface area contributed by atoms with Gasteiger partial charge in [-0.15, -0.1) is 4.48 Å². The zero-order chi connectivity index (χ0) is 4.41. The molecule has 0 aromatic carbocycles. The maximum atomic E-state index is 11.0. The standard InChI is InChI=1S/C4H8FN/c5-6-3-4-1-2-4/h4,6H,1-3H2. The molecule has 0 atom stereocenters. The fraction of sp³-hybridized carbons (Fsp3) is 1.00. The Labute approximate surface area is 36.5 Å². The Kier molecular flexibility index (Phi) is 1.05. The molecule has 1 aliphatic carbocycles. The molecule has 1 aliphatic rings. The molecule has 0 aromatic rings. The maximum absolute atomic E-state index is 11.0. The Balaban J connectivity index is 1.88. The average molecular weight is 89.1 g/mol. The van der Waals surface area contributed by atoms with Gasteiger partial charge in [0, 0.05) is 6.54 Å². The highest BCUT2D eigenvalue weighted by Crippen LogP contribution is 2.27. The van der Waals surface area contributed by atoms with E-state index in [4.69, 9.17) is 0 Å². The van der Waals surface area contributed by atoms with Crippen LogP contribution in [0.15, 0.2) is 0 Å². The molecule has 0 saturated heterocycles. The number of hydrogen-bond donors (Lipinski definition) is 1. The minimum Gasteiger partial charge on any atom is -0.159 e. The summed E-state index contributed by atoms with van der Waals surface area (Å²) >= 11 is 0. The van der Waals surface area contributed by atoms with Crippen LogP contribution in [-0.2, 0) is 0 Å². The van der Waals surface area contributed by atoms with Crippen LogP contribution >= 0.6 is 0 Å². The summed E-state index contributed by atoms with van der Waals surface area (Å²) in [6, 6.07) is 0. The van der Waals surface area contributed by atoms with E-state index < -0.39 is 0 Å². The topological polar surface area (TPSA) is 12.0 Å². The van der Waals surface area contributed by atoms with E-state index in [1.54, 1.807) is 5.54 Å². The van der Waals surface area contributed by atoms with Crippen LogP contribution < -0.4 is 5.54 Å². The van der Waals surface area contributed by atoms with Crippen LogP contribution in [0.25, 0.3) is 0 Å².